The van der Waals surface area contributed by atoms with E-state index in [1.54, 1.807) is 4.31 Å². The number of aromatic nitrogens is 1. The lowest BCUT2D eigenvalue weighted by atomic mass is 9.99. The van der Waals surface area contributed by atoms with Crippen LogP contribution >= 0.6 is 0 Å². The van der Waals surface area contributed by atoms with E-state index in [9.17, 15) is 8.42 Å². The lowest BCUT2D eigenvalue weighted by Gasteiger charge is -2.26. The van der Waals surface area contributed by atoms with Crippen LogP contribution in [0.25, 0.3) is 10.9 Å². The van der Waals surface area contributed by atoms with Gasteiger partial charge in [0.2, 0.25) is 10.0 Å². The number of nitrogens with zero attached hydrogens (tertiary/aromatic N) is 1. The van der Waals surface area contributed by atoms with Crippen LogP contribution in [0.2, 0.25) is 0 Å². The second-order valence-electron chi connectivity index (χ2n) is 7.68. The first-order valence-electron chi connectivity index (χ1n) is 9.59. The topological polar surface area (TPSA) is 53.2 Å². The summed E-state index contributed by atoms with van der Waals surface area (Å²) in [4.78, 5) is 3.49. The normalized spacial score (nSPS) is 15.4. The van der Waals surface area contributed by atoms with Crippen molar-refractivity contribution in [2.75, 3.05) is 12.3 Å². The highest BCUT2D eigenvalue weighted by Crippen LogP contribution is 2.31. The molecule has 0 amide bonds. The Balaban J connectivity index is 1.58. The number of benzene rings is 2. The Morgan fingerprint density at radius 2 is 1.89 bits per heavy atom. The molecule has 1 N–H and O–H groups in total. The van der Waals surface area contributed by atoms with E-state index in [0.29, 0.717) is 25.4 Å². The van der Waals surface area contributed by atoms with Gasteiger partial charge < -0.3 is 4.98 Å². The first-order chi connectivity index (χ1) is 12.9. The van der Waals surface area contributed by atoms with Crippen molar-refractivity contribution in [3.05, 3.63) is 70.9 Å². The van der Waals surface area contributed by atoms with E-state index in [2.05, 4.69) is 37.0 Å². The Morgan fingerprint density at radius 3 is 2.63 bits per heavy atom. The van der Waals surface area contributed by atoms with Crippen LogP contribution in [0.3, 0.4) is 0 Å². The minimum atomic E-state index is -3.28. The molecule has 142 valence electrons. The highest BCUT2D eigenvalue weighted by atomic mass is 32.2. The third-order valence-electron chi connectivity index (χ3n) is 5.52. The molecule has 0 saturated heterocycles. The zero-order valence-electron chi connectivity index (χ0n) is 15.9. The van der Waals surface area contributed by atoms with Gasteiger partial charge in [-0.15, -0.1) is 0 Å². The Kier molecular flexibility index (Phi) is 4.82. The zero-order chi connectivity index (χ0) is 19.0. The van der Waals surface area contributed by atoms with Gasteiger partial charge in [0.15, 0.2) is 0 Å². The molecule has 5 heteroatoms. The molecule has 4 nitrogen and oxygen atoms in total. The lowest BCUT2D eigenvalue weighted by Crippen LogP contribution is -2.37. The zero-order valence-corrected chi connectivity index (χ0v) is 16.7. The Hall–Kier alpha value is -2.11. The van der Waals surface area contributed by atoms with Gasteiger partial charge in [0, 0.05) is 36.1 Å². The van der Waals surface area contributed by atoms with E-state index in [1.807, 2.05) is 30.3 Å². The summed E-state index contributed by atoms with van der Waals surface area (Å²) in [5.74, 6) is 0.612. The van der Waals surface area contributed by atoms with E-state index in [0.717, 1.165) is 23.1 Å². The molecule has 1 aliphatic rings. The second-order valence-corrected chi connectivity index (χ2v) is 9.77. The summed E-state index contributed by atoms with van der Waals surface area (Å²) in [5.41, 5.74) is 5.77. The largest absolute Gasteiger partial charge is 0.358 e. The molecular formula is C22H26N2O2S. The summed E-state index contributed by atoms with van der Waals surface area (Å²) in [5, 5.41) is 1.17. The highest BCUT2D eigenvalue weighted by Gasteiger charge is 2.28. The van der Waals surface area contributed by atoms with E-state index in [1.165, 1.54) is 16.6 Å². The molecule has 2 heterocycles. The maximum atomic E-state index is 12.9. The number of nitrogens with one attached hydrogen (secondary N) is 1. The molecule has 0 atom stereocenters. The lowest BCUT2D eigenvalue weighted by molar-refractivity contribution is 0.391. The molecule has 0 fully saturated rings. The van der Waals surface area contributed by atoms with Gasteiger partial charge >= 0.3 is 0 Å². The summed E-state index contributed by atoms with van der Waals surface area (Å²) < 4.78 is 27.5. The predicted octanol–water partition coefficient (Wildman–Crippen LogP) is 4.22. The molecule has 0 bridgehead atoms. The molecule has 2 aromatic carbocycles. The van der Waals surface area contributed by atoms with Crippen LogP contribution in [-0.2, 0) is 29.4 Å². The van der Waals surface area contributed by atoms with Crippen molar-refractivity contribution in [1.29, 1.82) is 0 Å². The van der Waals surface area contributed by atoms with Gasteiger partial charge in [-0.25, -0.2) is 8.42 Å². The summed E-state index contributed by atoms with van der Waals surface area (Å²) >= 11 is 0. The molecule has 0 saturated carbocycles. The maximum absolute atomic E-state index is 12.9. The number of fused-ring (bicyclic) bond motifs is 3. The monoisotopic (exact) mass is 382 g/mol. The fraction of sp³-hybridized carbons (Fsp3) is 0.364. The van der Waals surface area contributed by atoms with Crippen molar-refractivity contribution in [2.45, 2.75) is 39.2 Å². The van der Waals surface area contributed by atoms with Crippen LogP contribution < -0.4 is 0 Å². The average molecular weight is 383 g/mol. The maximum Gasteiger partial charge on any atom is 0.214 e. The smallest absolute Gasteiger partial charge is 0.214 e. The number of H-pyrrole nitrogens is 1. The summed E-state index contributed by atoms with van der Waals surface area (Å²) in [6.07, 6.45) is 1.30. The summed E-state index contributed by atoms with van der Waals surface area (Å²) in [6.45, 7) is 5.38. The van der Waals surface area contributed by atoms with Crippen molar-refractivity contribution in [3.8, 4) is 0 Å². The van der Waals surface area contributed by atoms with Crippen LogP contribution in [0.5, 0.6) is 0 Å². The summed E-state index contributed by atoms with van der Waals surface area (Å²) in [6, 6.07) is 16.3. The number of aryl methyl sites for hydroxylation is 1. The third-order valence-corrected chi connectivity index (χ3v) is 7.33. The molecule has 27 heavy (non-hydrogen) atoms. The van der Waals surface area contributed by atoms with Crippen molar-refractivity contribution >= 4 is 20.9 Å². The average Bonchev–Trinajstić information content (AvgIpc) is 3.04. The molecule has 4 rings (SSSR count). The number of hydrogen-bond acceptors (Lipinski definition) is 2. The predicted molar refractivity (Wildman–Crippen MR) is 110 cm³/mol. The minimum absolute atomic E-state index is 0.159. The second kappa shape index (κ2) is 7.13. The number of sulfonamides is 1. The van der Waals surface area contributed by atoms with Crippen LogP contribution in [0.4, 0.5) is 0 Å². The van der Waals surface area contributed by atoms with E-state index >= 15 is 0 Å². The number of rotatable bonds is 5. The molecule has 0 aliphatic carbocycles. The Bertz CT molecular complexity index is 1050. The summed E-state index contributed by atoms with van der Waals surface area (Å²) in [7, 11) is -3.28. The van der Waals surface area contributed by atoms with E-state index < -0.39 is 10.0 Å². The fourth-order valence-corrected chi connectivity index (χ4v) is 5.27. The van der Waals surface area contributed by atoms with Crippen molar-refractivity contribution in [3.63, 3.8) is 0 Å². The first kappa shape index (κ1) is 18.3. The van der Waals surface area contributed by atoms with Gasteiger partial charge in [0.25, 0.3) is 0 Å². The van der Waals surface area contributed by atoms with Crippen LogP contribution in [0.15, 0.2) is 48.5 Å². The minimum Gasteiger partial charge on any atom is -0.358 e. The Labute approximate surface area is 161 Å². The van der Waals surface area contributed by atoms with Crippen molar-refractivity contribution < 1.29 is 8.42 Å². The van der Waals surface area contributed by atoms with Gasteiger partial charge in [-0.2, -0.15) is 4.31 Å². The van der Waals surface area contributed by atoms with Gasteiger partial charge in [-0.1, -0.05) is 50.2 Å². The standard InChI is InChI=1S/C22H26N2O2S/c1-16(2)18-8-9-21-19(14-18)20-15-24(12-10-22(20)23-21)27(25,26)13-11-17-6-4-3-5-7-17/h3-9,14,16,23H,10-13,15H2,1-2H3. The molecule has 0 radical (unpaired) electrons. The van der Waals surface area contributed by atoms with Crippen LogP contribution in [0.1, 0.15) is 42.1 Å². The molecule has 0 unspecified atom stereocenters. The number of hydrogen-bond donors (Lipinski definition) is 1. The van der Waals surface area contributed by atoms with Gasteiger partial charge in [0.1, 0.15) is 0 Å². The van der Waals surface area contributed by atoms with E-state index in [4.69, 9.17) is 0 Å². The number of aromatic amines is 1. The highest BCUT2D eigenvalue weighted by molar-refractivity contribution is 7.89. The van der Waals surface area contributed by atoms with Crippen LogP contribution in [-0.4, -0.2) is 30.0 Å². The quantitative estimate of drug-likeness (QED) is 0.718. The van der Waals surface area contributed by atoms with Gasteiger partial charge in [-0.3, -0.25) is 0 Å². The SMILES string of the molecule is CC(C)c1ccc2[nH]c3c(c2c1)CN(S(=O)(=O)CCc1ccccc1)CC3. The van der Waals surface area contributed by atoms with Crippen molar-refractivity contribution in [2.24, 2.45) is 0 Å². The molecule has 0 spiro atoms. The molecule has 1 aromatic heterocycles. The first-order valence-corrected chi connectivity index (χ1v) is 11.2. The molecule has 3 aromatic rings. The fourth-order valence-electron chi connectivity index (χ4n) is 3.82. The van der Waals surface area contributed by atoms with E-state index in [-0.39, 0.29) is 5.75 Å². The van der Waals surface area contributed by atoms with Crippen LogP contribution in [0, 0.1) is 0 Å². The molecular weight excluding hydrogens is 356 g/mol. The third kappa shape index (κ3) is 3.66. The Morgan fingerprint density at radius 1 is 1.11 bits per heavy atom. The van der Waals surface area contributed by atoms with Crippen molar-refractivity contribution in [1.82, 2.24) is 9.29 Å². The van der Waals surface area contributed by atoms with Gasteiger partial charge in [-0.05, 0) is 41.2 Å². The molecule has 1 aliphatic heterocycles. The van der Waals surface area contributed by atoms with Gasteiger partial charge in [0.05, 0.1) is 5.75 Å².